The molecule has 2 N–H and O–H groups in total. The average Bonchev–Trinajstić information content (AvgIpc) is 2.90. The molecule has 0 heterocycles. The molecule has 0 aliphatic heterocycles. The minimum Gasteiger partial charge on any atom is -0.497 e. The average molecular weight is 273 g/mol. The third-order valence-electron chi connectivity index (χ3n) is 3.78. The number of methoxy groups -OCH3 is 1. The van der Waals surface area contributed by atoms with E-state index >= 15 is 0 Å². The van der Waals surface area contributed by atoms with Crippen LogP contribution in [0.25, 0.3) is 0 Å². The maximum absolute atomic E-state index is 12.8. The summed E-state index contributed by atoms with van der Waals surface area (Å²) >= 11 is 0. The summed E-state index contributed by atoms with van der Waals surface area (Å²) in [6.07, 6.45) is -0.193. The predicted molar refractivity (Wildman–Crippen MR) is 66.9 cm³/mol. The van der Waals surface area contributed by atoms with Crippen LogP contribution in [0.5, 0.6) is 5.75 Å². The minimum absolute atomic E-state index is 0.207. The number of hydrogen-bond acceptors (Lipinski definition) is 2. The topological polar surface area (TPSA) is 35.2 Å². The third kappa shape index (κ3) is 3.21. The largest absolute Gasteiger partial charge is 0.497 e. The Morgan fingerprint density at radius 1 is 1.21 bits per heavy atom. The first-order valence-electron chi connectivity index (χ1n) is 6.43. The van der Waals surface area contributed by atoms with E-state index in [1.807, 2.05) is 0 Å². The van der Waals surface area contributed by atoms with Gasteiger partial charge in [0.1, 0.15) is 5.75 Å². The second kappa shape index (κ2) is 5.41. The van der Waals surface area contributed by atoms with E-state index in [1.165, 1.54) is 7.11 Å². The molecule has 0 spiro atoms. The Morgan fingerprint density at radius 2 is 1.84 bits per heavy atom. The van der Waals surface area contributed by atoms with Gasteiger partial charge in [0.2, 0.25) is 0 Å². The van der Waals surface area contributed by atoms with Crippen molar-refractivity contribution < 1.29 is 17.9 Å². The van der Waals surface area contributed by atoms with Gasteiger partial charge >= 0.3 is 6.18 Å². The van der Waals surface area contributed by atoms with Gasteiger partial charge in [-0.1, -0.05) is 12.8 Å². The molecule has 1 aliphatic rings. The molecule has 1 aliphatic carbocycles. The van der Waals surface area contributed by atoms with Crippen LogP contribution in [0.3, 0.4) is 0 Å². The van der Waals surface area contributed by atoms with Crippen molar-refractivity contribution in [2.75, 3.05) is 7.11 Å². The van der Waals surface area contributed by atoms with Crippen molar-refractivity contribution in [3.63, 3.8) is 0 Å². The van der Waals surface area contributed by atoms with Crippen LogP contribution in [-0.4, -0.2) is 7.11 Å². The zero-order chi connectivity index (χ0) is 14.0. The van der Waals surface area contributed by atoms with Crippen LogP contribution in [0.15, 0.2) is 18.2 Å². The molecule has 0 saturated heterocycles. The van der Waals surface area contributed by atoms with E-state index in [1.54, 1.807) is 6.07 Å². The number of ether oxygens (including phenoxy) is 1. The van der Waals surface area contributed by atoms with Crippen molar-refractivity contribution in [2.45, 2.75) is 37.9 Å². The molecule has 0 unspecified atom stereocenters. The van der Waals surface area contributed by atoms with Crippen molar-refractivity contribution in [2.24, 2.45) is 11.7 Å². The second-order valence-corrected chi connectivity index (χ2v) is 5.06. The molecule has 5 heteroatoms. The van der Waals surface area contributed by atoms with Gasteiger partial charge in [-0.25, -0.2) is 0 Å². The summed E-state index contributed by atoms with van der Waals surface area (Å²) in [5, 5.41) is 0. The molecule has 0 aromatic heterocycles. The number of nitrogens with two attached hydrogens (primary N) is 1. The van der Waals surface area contributed by atoms with Crippen LogP contribution in [-0.2, 0) is 6.18 Å². The highest BCUT2D eigenvalue weighted by molar-refractivity contribution is 5.37. The van der Waals surface area contributed by atoms with Gasteiger partial charge in [0.15, 0.2) is 0 Å². The van der Waals surface area contributed by atoms with Gasteiger partial charge in [0.05, 0.1) is 12.7 Å². The Balaban J connectivity index is 2.33. The van der Waals surface area contributed by atoms with Crippen LogP contribution < -0.4 is 10.5 Å². The van der Waals surface area contributed by atoms with Crippen molar-refractivity contribution in [3.8, 4) is 5.75 Å². The molecule has 1 fully saturated rings. The zero-order valence-corrected chi connectivity index (χ0v) is 10.8. The monoisotopic (exact) mass is 273 g/mol. The van der Waals surface area contributed by atoms with Crippen molar-refractivity contribution in [1.29, 1.82) is 0 Å². The van der Waals surface area contributed by atoms with E-state index in [0.717, 1.165) is 37.8 Å². The van der Waals surface area contributed by atoms with Crippen molar-refractivity contribution >= 4 is 0 Å². The first-order chi connectivity index (χ1) is 8.91. The summed E-state index contributed by atoms with van der Waals surface area (Å²) in [7, 11) is 1.36. The van der Waals surface area contributed by atoms with E-state index in [0.29, 0.717) is 5.56 Å². The molecule has 2 nitrogen and oxygen atoms in total. The quantitative estimate of drug-likeness (QED) is 0.906. The molecule has 0 radical (unpaired) electrons. The first kappa shape index (κ1) is 14.2. The lowest BCUT2D eigenvalue weighted by atomic mass is 9.91. The molecule has 1 aromatic carbocycles. The van der Waals surface area contributed by atoms with Gasteiger partial charge in [0.25, 0.3) is 0 Å². The summed E-state index contributed by atoms with van der Waals surface area (Å²) in [5.41, 5.74) is 5.93. The van der Waals surface area contributed by atoms with Crippen LogP contribution in [0.4, 0.5) is 13.2 Å². The number of benzene rings is 1. The minimum atomic E-state index is -4.38. The van der Waals surface area contributed by atoms with E-state index in [-0.39, 0.29) is 17.7 Å². The number of rotatable bonds is 3. The fourth-order valence-electron chi connectivity index (χ4n) is 2.68. The molecule has 0 amide bonds. The van der Waals surface area contributed by atoms with Gasteiger partial charge in [-0.05, 0) is 42.5 Å². The zero-order valence-electron chi connectivity index (χ0n) is 10.8. The molecule has 2 rings (SSSR count). The van der Waals surface area contributed by atoms with Crippen LogP contribution in [0.2, 0.25) is 0 Å². The van der Waals surface area contributed by atoms with Gasteiger partial charge < -0.3 is 10.5 Å². The Morgan fingerprint density at radius 3 is 2.37 bits per heavy atom. The fraction of sp³-hybridized carbons (Fsp3) is 0.571. The smallest absolute Gasteiger partial charge is 0.416 e. The normalized spacial score (nSPS) is 18.6. The summed E-state index contributed by atoms with van der Waals surface area (Å²) < 4.78 is 43.4. The Hall–Kier alpha value is -1.23. The molecule has 19 heavy (non-hydrogen) atoms. The standard InChI is InChI=1S/C14H18F3NO/c1-19-12-7-10(6-11(8-12)14(15,16)17)13(18)9-4-2-3-5-9/h6-9,13H,2-5,18H2,1H3/t13-/m0/s1. The van der Waals surface area contributed by atoms with E-state index in [9.17, 15) is 13.2 Å². The third-order valence-corrected chi connectivity index (χ3v) is 3.78. The van der Waals surface area contributed by atoms with Crippen LogP contribution >= 0.6 is 0 Å². The van der Waals surface area contributed by atoms with Gasteiger partial charge in [-0.15, -0.1) is 0 Å². The maximum atomic E-state index is 12.8. The lowest BCUT2D eigenvalue weighted by molar-refractivity contribution is -0.137. The molecular formula is C14H18F3NO. The summed E-state index contributed by atoms with van der Waals surface area (Å²) in [6.45, 7) is 0. The summed E-state index contributed by atoms with van der Waals surface area (Å²) in [5.74, 6) is 0.478. The highest BCUT2D eigenvalue weighted by Crippen LogP contribution is 2.38. The Kier molecular flexibility index (Phi) is 4.04. The predicted octanol–water partition coefficient (Wildman–Crippen LogP) is 3.90. The lowest BCUT2D eigenvalue weighted by Crippen LogP contribution is -2.20. The van der Waals surface area contributed by atoms with Gasteiger partial charge in [-0.2, -0.15) is 13.2 Å². The summed E-state index contributed by atoms with van der Waals surface area (Å²) in [6, 6.07) is 3.41. The van der Waals surface area contributed by atoms with E-state index < -0.39 is 11.7 Å². The fourth-order valence-corrected chi connectivity index (χ4v) is 2.68. The van der Waals surface area contributed by atoms with Gasteiger partial charge in [-0.3, -0.25) is 0 Å². The SMILES string of the molecule is COc1cc([C@@H](N)C2CCCC2)cc(C(F)(F)F)c1. The molecule has 0 bridgehead atoms. The van der Waals surface area contributed by atoms with Crippen LogP contribution in [0, 0.1) is 5.92 Å². The van der Waals surface area contributed by atoms with Crippen molar-refractivity contribution in [3.05, 3.63) is 29.3 Å². The number of hydrogen-bond donors (Lipinski definition) is 1. The van der Waals surface area contributed by atoms with E-state index in [2.05, 4.69) is 0 Å². The molecule has 1 saturated carbocycles. The summed E-state index contributed by atoms with van der Waals surface area (Å²) in [4.78, 5) is 0. The van der Waals surface area contributed by atoms with Crippen LogP contribution in [0.1, 0.15) is 42.9 Å². The molecule has 1 atom stereocenters. The van der Waals surface area contributed by atoms with Crippen molar-refractivity contribution in [1.82, 2.24) is 0 Å². The highest BCUT2D eigenvalue weighted by atomic mass is 19.4. The maximum Gasteiger partial charge on any atom is 0.416 e. The molecule has 106 valence electrons. The lowest BCUT2D eigenvalue weighted by Gasteiger charge is -2.21. The Labute approximate surface area is 110 Å². The second-order valence-electron chi connectivity index (χ2n) is 5.06. The van der Waals surface area contributed by atoms with E-state index in [4.69, 9.17) is 10.5 Å². The highest BCUT2D eigenvalue weighted by Gasteiger charge is 2.33. The first-order valence-corrected chi connectivity index (χ1v) is 6.43. The molecule has 1 aromatic rings. The number of alkyl halides is 3. The number of halogens is 3. The molecular weight excluding hydrogens is 255 g/mol. The van der Waals surface area contributed by atoms with Gasteiger partial charge in [0, 0.05) is 6.04 Å². The Bertz CT molecular complexity index is 439.